The van der Waals surface area contributed by atoms with Crippen LogP contribution in [0.15, 0.2) is 30.3 Å². The van der Waals surface area contributed by atoms with Crippen molar-refractivity contribution in [3.8, 4) is 5.75 Å². The molecule has 0 bridgehead atoms. The van der Waals surface area contributed by atoms with Crippen molar-refractivity contribution in [2.75, 3.05) is 39.4 Å². The third-order valence-electron chi connectivity index (χ3n) is 5.70. The summed E-state index contributed by atoms with van der Waals surface area (Å²) in [6.07, 6.45) is 2.23. The van der Waals surface area contributed by atoms with Crippen molar-refractivity contribution in [2.45, 2.75) is 38.8 Å². The van der Waals surface area contributed by atoms with Crippen LogP contribution in [0.1, 0.15) is 37.2 Å². The highest BCUT2D eigenvalue weighted by Gasteiger charge is 2.24. The first kappa shape index (κ1) is 19.2. The Balaban J connectivity index is 1.53. The van der Waals surface area contributed by atoms with Gasteiger partial charge in [-0.2, -0.15) is 0 Å². The summed E-state index contributed by atoms with van der Waals surface area (Å²) in [6, 6.07) is 10.3. The molecule has 0 unspecified atom stereocenters. The summed E-state index contributed by atoms with van der Waals surface area (Å²) in [7, 11) is 0. The number of hydrogen-bond acceptors (Lipinski definition) is 5. The molecule has 1 aromatic heterocycles. The van der Waals surface area contributed by atoms with Gasteiger partial charge in [-0.1, -0.05) is 18.2 Å². The number of pyridine rings is 1. The van der Waals surface area contributed by atoms with Crippen LogP contribution in [-0.2, 0) is 4.74 Å². The number of hydrogen-bond donors (Lipinski definition) is 0. The van der Waals surface area contributed by atoms with E-state index in [4.69, 9.17) is 14.5 Å². The second-order valence-electron chi connectivity index (χ2n) is 7.88. The zero-order valence-corrected chi connectivity index (χ0v) is 16.8. The standard InChI is InChI=1S/C22H29N3O3/c1-16(2)24-10-8-18(9-11-24)28-20-5-3-4-17-6-7-19(23-21(17)20)22(26)25-12-14-27-15-13-25/h3-7,16,18H,8-15H2,1-2H3. The number of carbonyl (C=O) groups is 1. The van der Waals surface area contributed by atoms with Crippen molar-refractivity contribution in [1.82, 2.24) is 14.8 Å². The van der Waals surface area contributed by atoms with Crippen LogP contribution in [0.4, 0.5) is 0 Å². The van der Waals surface area contributed by atoms with Crippen LogP contribution >= 0.6 is 0 Å². The minimum atomic E-state index is -0.0368. The van der Waals surface area contributed by atoms with Gasteiger partial charge in [0.2, 0.25) is 0 Å². The van der Waals surface area contributed by atoms with E-state index in [0.29, 0.717) is 38.0 Å². The smallest absolute Gasteiger partial charge is 0.272 e. The van der Waals surface area contributed by atoms with Crippen LogP contribution in [0.3, 0.4) is 0 Å². The number of nitrogens with zero attached hydrogens (tertiary/aromatic N) is 3. The maximum atomic E-state index is 12.8. The van der Waals surface area contributed by atoms with Gasteiger partial charge in [-0.05, 0) is 38.8 Å². The maximum Gasteiger partial charge on any atom is 0.272 e. The summed E-state index contributed by atoms with van der Waals surface area (Å²) in [5.74, 6) is 0.738. The quantitative estimate of drug-likeness (QED) is 0.813. The molecule has 0 aliphatic carbocycles. The summed E-state index contributed by atoms with van der Waals surface area (Å²) in [5, 5.41) is 0.996. The van der Waals surface area contributed by atoms with Gasteiger partial charge in [0.25, 0.3) is 5.91 Å². The molecule has 0 N–H and O–H groups in total. The van der Waals surface area contributed by atoms with Crippen molar-refractivity contribution in [1.29, 1.82) is 0 Å². The first-order chi connectivity index (χ1) is 13.6. The van der Waals surface area contributed by atoms with Gasteiger partial charge in [-0.3, -0.25) is 4.79 Å². The number of aromatic nitrogens is 1. The number of morpholine rings is 1. The highest BCUT2D eigenvalue weighted by Crippen LogP contribution is 2.27. The predicted octanol–water partition coefficient (Wildman–Crippen LogP) is 2.96. The third-order valence-corrected chi connectivity index (χ3v) is 5.70. The molecule has 3 heterocycles. The Kier molecular flexibility index (Phi) is 5.78. The van der Waals surface area contributed by atoms with Crippen molar-refractivity contribution in [2.24, 2.45) is 0 Å². The van der Waals surface area contributed by atoms with Crippen LogP contribution < -0.4 is 4.74 Å². The molecule has 0 spiro atoms. The number of ether oxygens (including phenoxy) is 2. The maximum absolute atomic E-state index is 12.8. The first-order valence-electron chi connectivity index (χ1n) is 10.3. The Morgan fingerprint density at radius 2 is 1.86 bits per heavy atom. The molecule has 0 saturated carbocycles. The summed E-state index contributed by atoms with van der Waals surface area (Å²) in [5.41, 5.74) is 1.24. The monoisotopic (exact) mass is 383 g/mol. The lowest BCUT2D eigenvalue weighted by molar-refractivity contribution is 0.0299. The van der Waals surface area contributed by atoms with E-state index >= 15 is 0 Å². The van der Waals surface area contributed by atoms with E-state index in [1.165, 1.54) is 0 Å². The fourth-order valence-electron chi connectivity index (χ4n) is 3.95. The van der Waals surface area contributed by atoms with Gasteiger partial charge in [0.15, 0.2) is 0 Å². The average molecular weight is 383 g/mol. The minimum Gasteiger partial charge on any atom is -0.488 e. The molecule has 2 fully saturated rings. The van der Waals surface area contributed by atoms with E-state index < -0.39 is 0 Å². The molecule has 0 radical (unpaired) electrons. The molecule has 6 nitrogen and oxygen atoms in total. The van der Waals surface area contributed by atoms with E-state index in [1.54, 1.807) is 0 Å². The Morgan fingerprint density at radius 1 is 1.11 bits per heavy atom. The summed E-state index contributed by atoms with van der Waals surface area (Å²) >= 11 is 0. The first-order valence-corrected chi connectivity index (χ1v) is 10.3. The molecule has 28 heavy (non-hydrogen) atoms. The molecular weight excluding hydrogens is 354 g/mol. The fraction of sp³-hybridized carbons (Fsp3) is 0.545. The van der Waals surface area contributed by atoms with Crippen molar-refractivity contribution in [3.05, 3.63) is 36.0 Å². The van der Waals surface area contributed by atoms with Crippen LogP contribution in [0.25, 0.3) is 10.9 Å². The number of carbonyl (C=O) groups excluding carboxylic acids is 1. The largest absolute Gasteiger partial charge is 0.488 e. The SMILES string of the molecule is CC(C)N1CCC(Oc2cccc3ccc(C(=O)N4CCOCC4)nc23)CC1. The van der Waals surface area contributed by atoms with Gasteiger partial charge < -0.3 is 19.3 Å². The highest BCUT2D eigenvalue weighted by molar-refractivity contribution is 5.96. The lowest BCUT2D eigenvalue weighted by atomic mass is 10.1. The van der Waals surface area contributed by atoms with Gasteiger partial charge in [-0.25, -0.2) is 4.98 Å². The lowest BCUT2D eigenvalue weighted by Crippen LogP contribution is -2.41. The van der Waals surface area contributed by atoms with Gasteiger partial charge in [-0.15, -0.1) is 0 Å². The van der Waals surface area contributed by atoms with Crippen LogP contribution in [0.2, 0.25) is 0 Å². The lowest BCUT2D eigenvalue weighted by Gasteiger charge is -2.34. The van der Waals surface area contributed by atoms with E-state index in [1.807, 2.05) is 35.2 Å². The molecule has 2 aliphatic heterocycles. The molecule has 2 saturated heterocycles. The van der Waals surface area contributed by atoms with Crippen molar-refractivity contribution < 1.29 is 14.3 Å². The highest BCUT2D eigenvalue weighted by atomic mass is 16.5. The van der Waals surface area contributed by atoms with E-state index in [2.05, 4.69) is 18.7 Å². The Hall–Kier alpha value is -2.18. The van der Waals surface area contributed by atoms with Gasteiger partial charge in [0.1, 0.15) is 23.1 Å². The number of likely N-dealkylation sites (tertiary alicyclic amines) is 1. The van der Waals surface area contributed by atoms with Crippen molar-refractivity contribution >= 4 is 16.8 Å². The van der Waals surface area contributed by atoms with Gasteiger partial charge >= 0.3 is 0 Å². The number of benzene rings is 1. The Bertz CT molecular complexity index is 825. The second-order valence-corrected chi connectivity index (χ2v) is 7.88. The molecule has 1 aromatic carbocycles. The number of fused-ring (bicyclic) bond motifs is 1. The second kappa shape index (κ2) is 8.45. The fourth-order valence-corrected chi connectivity index (χ4v) is 3.95. The molecule has 150 valence electrons. The van der Waals surface area contributed by atoms with Gasteiger partial charge in [0.05, 0.1) is 13.2 Å². The summed E-state index contributed by atoms with van der Waals surface area (Å²) in [6.45, 7) is 9.00. The molecule has 2 aliphatic rings. The predicted molar refractivity (Wildman–Crippen MR) is 109 cm³/mol. The van der Waals surface area contributed by atoms with E-state index in [9.17, 15) is 4.79 Å². The number of rotatable bonds is 4. The number of para-hydroxylation sites is 1. The molecule has 4 rings (SSSR count). The number of piperidine rings is 1. The summed E-state index contributed by atoms with van der Waals surface area (Å²) in [4.78, 5) is 21.8. The number of amides is 1. The zero-order valence-electron chi connectivity index (χ0n) is 16.8. The third kappa shape index (κ3) is 4.13. The van der Waals surface area contributed by atoms with Crippen LogP contribution in [-0.4, -0.2) is 72.2 Å². The normalized spacial score (nSPS) is 19.3. The Labute approximate surface area is 166 Å². The van der Waals surface area contributed by atoms with Crippen LogP contribution in [0.5, 0.6) is 5.75 Å². The van der Waals surface area contributed by atoms with Gasteiger partial charge in [0, 0.05) is 37.6 Å². The molecule has 2 aromatic rings. The minimum absolute atomic E-state index is 0.0368. The average Bonchev–Trinajstić information content (AvgIpc) is 2.74. The summed E-state index contributed by atoms with van der Waals surface area (Å²) < 4.78 is 11.7. The molecule has 0 atom stereocenters. The zero-order chi connectivity index (χ0) is 19.5. The van der Waals surface area contributed by atoms with Crippen molar-refractivity contribution in [3.63, 3.8) is 0 Å². The topological polar surface area (TPSA) is 54.9 Å². The van der Waals surface area contributed by atoms with E-state index in [0.717, 1.165) is 42.6 Å². The molecule has 6 heteroatoms. The van der Waals surface area contributed by atoms with E-state index in [-0.39, 0.29) is 12.0 Å². The molecular formula is C22H29N3O3. The molecule has 1 amide bonds. The van der Waals surface area contributed by atoms with Crippen LogP contribution in [0, 0.1) is 0 Å². The Morgan fingerprint density at radius 3 is 2.57 bits per heavy atom.